The van der Waals surface area contributed by atoms with Gasteiger partial charge in [-0.3, -0.25) is 19.6 Å². The molecule has 9 heteroatoms. The number of carbonyl (C=O) groups is 1. The zero-order valence-electron chi connectivity index (χ0n) is 13.2. The van der Waals surface area contributed by atoms with Gasteiger partial charge in [-0.15, -0.1) is 0 Å². The zero-order chi connectivity index (χ0) is 18.7. The number of hydrogen-bond donors (Lipinski definition) is 1. The minimum Gasteiger partial charge on any atom is -0.304 e. The first kappa shape index (κ1) is 17.9. The van der Waals surface area contributed by atoms with Crippen LogP contribution in [0, 0.1) is 10.1 Å². The van der Waals surface area contributed by atoms with E-state index in [1.54, 1.807) is 29.1 Å². The van der Waals surface area contributed by atoms with Crippen molar-refractivity contribution in [3.05, 3.63) is 86.0 Å². The molecule has 3 aromatic rings. The molecule has 0 radical (unpaired) electrons. The van der Waals surface area contributed by atoms with Gasteiger partial charge < -0.3 is 5.32 Å². The number of nitro groups is 1. The van der Waals surface area contributed by atoms with Crippen LogP contribution in [-0.2, 0) is 6.54 Å². The summed E-state index contributed by atoms with van der Waals surface area (Å²) in [5.74, 6) is -0.528. The highest BCUT2D eigenvalue weighted by molar-refractivity contribution is 6.33. The van der Waals surface area contributed by atoms with E-state index in [2.05, 4.69) is 10.4 Å². The Bertz CT molecular complexity index is 970. The summed E-state index contributed by atoms with van der Waals surface area (Å²) in [6.07, 6.45) is 1.56. The molecule has 2 aromatic carbocycles. The molecule has 1 heterocycles. The Hall–Kier alpha value is -2.90. The number of nitrogens with one attached hydrogen (secondary N) is 1. The molecule has 0 bridgehead atoms. The number of nitrogens with zero attached hydrogens (tertiary/aromatic N) is 3. The number of benzene rings is 2. The van der Waals surface area contributed by atoms with Crippen LogP contribution in [0.1, 0.15) is 15.9 Å². The van der Waals surface area contributed by atoms with E-state index >= 15 is 0 Å². The molecular weight excluding hydrogens is 379 g/mol. The lowest BCUT2D eigenvalue weighted by Crippen LogP contribution is -2.15. The van der Waals surface area contributed by atoms with Crippen LogP contribution in [0.25, 0.3) is 0 Å². The minimum absolute atomic E-state index is 0.0687. The first-order chi connectivity index (χ1) is 12.4. The average Bonchev–Trinajstić information content (AvgIpc) is 2.96. The third-order valence-corrected chi connectivity index (χ3v) is 4.08. The summed E-state index contributed by atoms with van der Waals surface area (Å²) in [7, 11) is 0. The van der Waals surface area contributed by atoms with E-state index in [9.17, 15) is 14.9 Å². The lowest BCUT2D eigenvalue weighted by molar-refractivity contribution is -0.385. The monoisotopic (exact) mass is 390 g/mol. The average molecular weight is 391 g/mol. The number of amides is 1. The largest absolute Gasteiger partial charge is 0.304 e. The molecule has 0 fully saturated rings. The predicted molar refractivity (Wildman–Crippen MR) is 98.8 cm³/mol. The number of nitro benzene ring substituents is 1. The van der Waals surface area contributed by atoms with E-state index in [4.69, 9.17) is 23.2 Å². The first-order valence-corrected chi connectivity index (χ1v) is 8.22. The van der Waals surface area contributed by atoms with Crippen molar-refractivity contribution in [2.24, 2.45) is 0 Å². The summed E-state index contributed by atoms with van der Waals surface area (Å²) in [6.45, 7) is 0.429. The second-order valence-corrected chi connectivity index (χ2v) is 6.22. The Morgan fingerprint density at radius 2 is 1.85 bits per heavy atom. The molecule has 3 rings (SSSR count). The Morgan fingerprint density at radius 1 is 1.15 bits per heavy atom. The molecule has 0 unspecified atom stereocenters. The molecule has 0 saturated heterocycles. The van der Waals surface area contributed by atoms with Crippen LogP contribution in [0.4, 0.5) is 11.5 Å². The quantitative estimate of drug-likeness (QED) is 0.516. The van der Waals surface area contributed by atoms with Gasteiger partial charge in [0.25, 0.3) is 11.6 Å². The fourth-order valence-corrected chi connectivity index (χ4v) is 2.66. The molecule has 7 nitrogen and oxygen atoms in total. The molecule has 0 aliphatic rings. The van der Waals surface area contributed by atoms with Gasteiger partial charge in [0.05, 0.1) is 11.5 Å². The highest BCUT2D eigenvalue weighted by Gasteiger charge is 2.21. The van der Waals surface area contributed by atoms with Crippen LogP contribution < -0.4 is 5.32 Å². The van der Waals surface area contributed by atoms with Gasteiger partial charge in [0, 0.05) is 17.3 Å². The second-order valence-electron chi connectivity index (χ2n) is 5.38. The highest BCUT2D eigenvalue weighted by Crippen LogP contribution is 2.23. The van der Waals surface area contributed by atoms with Gasteiger partial charge in [0.2, 0.25) is 0 Å². The van der Waals surface area contributed by atoms with Crippen LogP contribution in [0.5, 0.6) is 0 Å². The van der Waals surface area contributed by atoms with Crippen molar-refractivity contribution in [3.8, 4) is 0 Å². The molecule has 0 atom stereocenters. The summed E-state index contributed by atoms with van der Waals surface area (Å²) >= 11 is 12.0. The molecule has 1 N–H and O–H groups in total. The van der Waals surface area contributed by atoms with Crippen LogP contribution >= 0.6 is 23.2 Å². The van der Waals surface area contributed by atoms with E-state index in [-0.39, 0.29) is 22.1 Å². The molecule has 0 aliphatic heterocycles. The van der Waals surface area contributed by atoms with Crippen molar-refractivity contribution < 1.29 is 9.72 Å². The number of rotatable bonds is 5. The van der Waals surface area contributed by atoms with Gasteiger partial charge in [-0.05, 0) is 23.8 Å². The summed E-state index contributed by atoms with van der Waals surface area (Å²) in [5, 5.41) is 18.6. The summed E-state index contributed by atoms with van der Waals surface area (Å²) in [6, 6.07) is 12.9. The van der Waals surface area contributed by atoms with Crippen molar-refractivity contribution in [2.75, 3.05) is 5.32 Å². The smallest absolute Gasteiger partial charge is 0.282 e. The topological polar surface area (TPSA) is 90.1 Å². The van der Waals surface area contributed by atoms with Gasteiger partial charge in [0.15, 0.2) is 5.82 Å². The molecule has 0 spiro atoms. The Kier molecular flexibility index (Phi) is 5.20. The van der Waals surface area contributed by atoms with Crippen LogP contribution in [0.3, 0.4) is 0 Å². The van der Waals surface area contributed by atoms with Gasteiger partial charge in [-0.1, -0.05) is 47.5 Å². The Labute approximate surface area is 158 Å². The van der Waals surface area contributed by atoms with Crippen LogP contribution in [0.2, 0.25) is 10.0 Å². The maximum Gasteiger partial charge on any atom is 0.282 e. The number of carbonyl (C=O) groups excluding carboxylic acids is 1. The van der Waals surface area contributed by atoms with E-state index in [1.165, 1.54) is 18.2 Å². The van der Waals surface area contributed by atoms with Gasteiger partial charge in [-0.2, -0.15) is 5.10 Å². The van der Waals surface area contributed by atoms with Crippen LogP contribution in [0.15, 0.2) is 54.7 Å². The third kappa shape index (κ3) is 4.01. The maximum absolute atomic E-state index is 12.4. The summed E-state index contributed by atoms with van der Waals surface area (Å²) < 4.78 is 1.56. The van der Waals surface area contributed by atoms with E-state index in [1.807, 2.05) is 12.1 Å². The summed E-state index contributed by atoms with van der Waals surface area (Å²) in [4.78, 5) is 22.8. The molecule has 1 amide bonds. The van der Waals surface area contributed by atoms with Crippen molar-refractivity contribution in [3.63, 3.8) is 0 Å². The number of hydrogen-bond acceptors (Lipinski definition) is 4. The fourth-order valence-electron chi connectivity index (χ4n) is 2.34. The highest BCUT2D eigenvalue weighted by atomic mass is 35.5. The fraction of sp³-hybridized carbons (Fsp3) is 0.0588. The predicted octanol–water partition coefficient (Wildman–Crippen LogP) is 4.40. The van der Waals surface area contributed by atoms with E-state index < -0.39 is 10.8 Å². The van der Waals surface area contributed by atoms with E-state index in [0.717, 1.165) is 5.56 Å². The first-order valence-electron chi connectivity index (χ1n) is 7.46. The minimum atomic E-state index is -0.657. The maximum atomic E-state index is 12.4. The van der Waals surface area contributed by atoms with Gasteiger partial charge in [-0.25, -0.2) is 0 Å². The molecule has 26 heavy (non-hydrogen) atoms. The van der Waals surface area contributed by atoms with Crippen LogP contribution in [-0.4, -0.2) is 20.6 Å². The standard InChI is InChI=1S/C17H12Cl2N4O3/c18-12-7-5-11(6-8-12)9-22-10-14(19)16(21-22)20-17(24)13-3-1-2-4-15(13)23(25)26/h1-8,10H,9H2,(H,20,21,24). The van der Waals surface area contributed by atoms with Crippen molar-refractivity contribution in [2.45, 2.75) is 6.54 Å². The number of aromatic nitrogens is 2. The second kappa shape index (κ2) is 7.55. The van der Waals surface area contributed by atoms with Crippen molar-refractivity contribution in [1.82, 2.24) is 9.78 Å². The molecule has 0 aliphatic carbocycles. The summed E-state index contributed by atoms with van der Waals surface area (Å²) in [5.41, 5.74) is 0.590. The molecule has 0 saturated carbocycles. The van der Waals surface area contributed by atoms with Crippen molar-refractivity contribution >= 4 is 40.6 Å². The molecule has 132 valence electrons. The molecular formula is C17H12Cl2N4O3. The Morgan fingerprint density at radius 3 is 2.54 bits per heavy atom. The Balaban J connectivity index is 1.78. The normalized spacial score (nSPS) is 10.5. The zero-order valence-corrected chi connectivity index (χ0v) is 14.7. The van der Waals surface area contributed by atoms with Gasteiger partial charge >= 0.3 is 0 Å². The van der Waals surface area contributed by atoms with Gasteiger partial charge in [0.1, 0.15) is 10.6 Å². The van der Waals surface area contributed by atoms with E-state index in [0.29, 0.717) is 11.6 Å². The number of anilines is 1. The SMILES string of the molecule is O=C(Nc1nn(Cc2ccc(Cl)cc2)cc1Cl)c1ccccc1[N+](=O)[O-]. The lowest BCUT2D eigenvalue weighted by atomic mass is 10.1. The number of para-hydroxylation sites is 1. The molecule has 1 aromatic heterocycles. The third-order valence-electron chi connectivity index (χ3n) is 3.55. The number of halogens is 2. The van der Waals surface area contributed by atoms with Crippen molar-refractivity contribution in [1.29, 1.82) is 0 Å². The lowest BCUT2D eigenvalue weighted by Gasteiger charge is -2.04.